The fourth-order valence-corrected chi connectivity index (χ4v) is 2.01. The number of allylic oxidation sites excluding steroid dienone is 1. The maximum atomic E-state index is 11.8. The van der Waals surface area contributed by atoms with E-state index in [0.29, 0.717) is 11.5 Å². The van der Waals surface area contributed by atoms with Crippen LogP contribution in [0.4, 0.5) is 0 Å². The van der Waals surface area contributed by atoms with Gasteiger partial charge in [-0.15, -0.1) is 0 Å². The van der Waals surface area contributed by atoms with Gasteiger partial charge in [0.05, 0.1) is 12.0 Å². The molecule has 0 aliphatic heterocycles. The molecule has 1 aromatic carbocycles. The molecule has 0 saturated carbocycles. The Bertz CT molecular complexity index is 736. The Balaban J connectivity index is 1.79. The van der Waals surface area contributed by atoms with Crippen LogP contribution in [0.3, 0.4) is 0 Å². The van der Waals surface area contributed by atoms with Crippen LogP contribution in [0.2, 0.25) is 0 Å². The first kappa shape index (κ1) is 18.5. The predicted octanol–water partition coefficient (Wildman–Crippen LogP) is 4.16. The molecule has 1 heterocycles. The van der Waals surface area contributed by atoms with Crippen LogP contribution in [0.1, 0.15) is 39.0 Å². The van der Waals surface area contributed by atoms with Gasteiger partial charge >= 0.3 is 0 Å². The maximum Gasteiger partial charge on any atom is 0.277 e. The minimum absolute atomic E-state index is 0.0886. The monoisotopic (exact) mass is 340 g/mol. The molecule has 25 heavy (non-hydrogen) atoms. The van der Waals surface area contributed by atoms with Crippen LogP contribution < -0.4 is 10.2 Å². The van der Waals surface area contributed by atoms with Crippen LogP contribution in [0.15, 0.2) is 58.3 Å². The molecule has 1 N–H and O–H groups in total. The van der Waals surface area contributed by atoms with Gasteiger partial charge in [0.1, 0.15) is 11.5 Å². The van der Waals surface area contributed by atoms with Crippen LogP contribution in [0.25, 0.3) is 6.08 Å². The summed E-state index contributed by atoms with van der Waals surface area (Å²) in [4.78, 5) is 11.8. The van der Waals surface area contributed by atoms with Gasteiger partial charge in [-0.25, -0.2) is 5.43 Å². The second-order valence-electron chi connectivity index (χ2n) is 6.70. The first-order chi connectivity index (χ1) is 11.8. The molecule has 0 aliphatic carbocycles. The molecule has 0 fully saturated rings. The second kappa shape index (κ2) is 8.33. The third kappa shape index (κ3) is 6.30. The molecular formula is C20H24N2O3. The Kier molecular flexibility index (Phi) is 6.17. The van der Waals surface area contributed by atoms with Gasteiger partial charge in [0.15, 0.2) is 6.61 Å². The molecule has 0 spiro atoms. The van der Waals surface area contributed by atoms with Crippen molar-refractivity contribution in [3.05, 3.63) is 60.1 Å². The van der Waals surface area contributed by atoms with Crippen molar-refractivity contribution in [1.82, 2.24) is 5.43 Å². The van der Waals surface area contributed by atoms with E-state index in [9.17, 15) is 4.79 Å². The van der Waals surface area contributed by atoms with E-state index in [1.807, 2.05) is 30.3 Å². The van der Waals surface area contributed by atoms with Crippen molar-refractivity contribution in [3.63, 3.8) is 0 Å². The van der Waals surface area contributed by atoms with Crippen molar-refractivity contribution in [2.45, 2.75) is 33.1 Å². The fraction of sp³-hybridized carbons (Fsp3) is 0.300. The molecule has 5 heteroatoms. The summed E-state index contributed by atoms with van der Waals surface area (Å²) in [6, 6.07) is 11.4. The van der Waals surface area contributed by atoms with Crippen molar-refractivity contribution in [3.8, 4) is 5.75 Å². The molecule has 0 aliphatic rings. The smallest absolute Gasteiger partial charge is 0.277 e. The largest absolute Gasteiger partial charge is 0.484 e. The summed E-state index contributed by atoms with van der Waals surface area (Å²) in [6.07, 6.45) is 5.13. The SMILES string of the molecule is CC(/C=C/c1ccco1)=N\NC(=O)COc1ccc(C(C)(C)C)cc1. The zero-order valence-electron chi connectivity index (χ0n) is 15.1. The number of nitrogens with one attached hydrogen (secondary N) is 1. The molecular weight excluding hydrogens is 316 g/mol. The van der Waals surface area contributed by atoms with E-state index in [0.717, 1.165) is 5.76 Å². The third-order valence-corrected chi connectivity index (χ3v) is 3.48. The number of rotatable bonds is 6. The number of hydrazone groups is 1. The van der Waals surface area contributed by atoms with Crippen LogP contribution in [-0.4, -0.2) is 18.2 Å². The summed E-state index contributed by atoms with van der Waals surface area (Å²) in [5.74, 6) is 1.06. The van der Waals surface area contributed by atoms with Gasteiger partial charge in [-0.3, -0.25) is 4.79 Å². The molecule has 0 saturated heterocycles. The van der Waals surface area contributed by atoms with E-state index >= 15 is 0 Å². The Morgan fingerprint density at radius 3 is 2.56 bits per heavy atom. The standard InChI is InChI=1S/C20H24N2O3/c1-15(7-10-17-6-5-13-24-17)21-22-19(23)14-25-18-11-8-16(9-12-18)20(2,3)4/h5-13H,14H2,1-4H3,(H,22,23)/b10-7+,21-15+. The van der Waals surface area contributed by atoms with E-state index < -0.39 is 0 Å². The number of carbonyl (C=O) groups excluding carboxylic acids is 1. The van der Waals surface area contributed by atoms with E-state index in [-0.39, 0.29) is 17.9 Å². The first-order valence-electron chi connectivity index (χ1n) is 8.12. The molecule has 0 bridgehead atoms. The average Bonchev–Trinajstić information content (AvgIpc) is 3.09. The van der Waals surface area contributed by atoms with Crippen LogP contribution in [0.5, 0.6) is 5.75 Å². The summed E-state index contributed by atoms with van der Waals surface area (Å²) in [6.45, 7) is 8.14. The minimum atomic E-state index is -0.314. The highest BCUT2D eigenvalue weighted by molar-refractivity contribution is 5.96. The molecule has 0 radical (unpaired) electrons. The number of furan rings is 1. The molecule has 2 aromatic rings. The van der Waals surface area contributed by atoms with Crippen molar-refractivity contribution < 1.29 is 13.9 Å². The third-order valence-electron chi connectivity index (χ3n) is 3.48. The Morgan fingerprint density at radius 2 is 1.96 bits per heavy atom. The Hall–Kier alpha value is -2.82. The van der Waals surface area contributed by atoms with E-state index in [4.69, 9.17) is 9.15 Å². The van der Waals surface area contributed by atoms with E-state index in [2.05, 4.69) is 31.3 Å². The summed E-state index contributed by atoms with van der Waals surface area (Å²) >= 11 is 0. The molecule has 2 rings (SSSR count). The highest BCUT2D eigenvalue weighted by atomic mass is 16.5. The Morgan fingerprint density at radius 1 is 1.24 bits per heavy atom. The van der Waals surface area contributed by atoms with Crippen LogP contribution >= 0.6 is 0 Å². The van der Waals surface area contributed by atoms with Crippen molar-refractivity contribution in [2.75, 3.05) is 6.61 Å². The molecule has 132 valence electrons. The number of benzene rings is 1. The number of ether oxygens (including phenoxy) is 1. The number of carbonyl (C=O) groups is 1. The van der Waals surface area contributed by atoms with Crippen molar-refractivity contribution >= 4 is 17.7 Å². The van der Waals surface area contributed by atoms with Gasteiger partial charge in [-0.1, -0.05) is 32.9 Å². The molecule has 1 aromatic heterocycles. The summed E-state index contributed by atoms with van der Waals surface area (Å²) in [5.41, 5.74) is 4.42. The van der Waals surface area contributed by atoms with Crippen LogP contribution in [0, 0.1) is 0 Å². The van der Waals surface area contributed by atoms with Crippen molar-refractivity contribution in [2.24, 2.45) is 5.10 Å². The summed E-state index contributed by atoms with van der Waals surface area (Å²) in [7, 11) is 0. The van der Waals surface area contributed by atoms with Gasteiger partial charge in [-0.2, -0.15) is 5.10 Å². The van der Waals surface area contributed by atoms with Crippen LogP contribution in [-0.2, 0) is 10.2 Å². The quantitative estimate of drug-likeness (QED) is 0.634. The molecule has 1 amide bonds. The lowest BCUT2D eigenvalue weighted by Crippen LogP contribution is -2.25. The highest BCUT2D eigenvalue weighted by Crippen LogP contribution is 2.24. The second-order valence-corrected chi connectivity index (χ2v) is 6.70. The summed E-state index contributed by atoms with van der Waals surface area (Å²) in [5, 5.41) is 3.99. The van der Waals surface area contributed by atoms with Gasteiger partial charge in [0.2, 0.25) is 0 Å². The lowest BCUT2D eigenvalue weighted by atomic mass is 9.87. The van der Waals surface area contributed by atoms with E-state index in [1.54, 1.807) is 31.4 Å². The predicted molar refractivity (Wildman–Crippen MR) is 99.6 cm³/mol. The topological polar surface area (TPSA) is 63.8 Å². The van der Waals surface area contributed by atoms with Gasteiger partial charge in [0, 0.05) is 0 Å². The highest BCUT2D eigenvalue weighted by Gasteiger charge is 2.13. The molecule has 5 nitrogen and oxygen atoms in total. The number of nitrogens with zero attached hydrogens (tertiary/aromatic N) is 1. The zero-order chi connectivity index (χ0) is 18.3. The number of hydrogen-bond acceptors (Lipinski definition) is 4. The normalized spacial score (nSPS) is 12.4. The number of amides is 1. The molecule has 0 atom stereocenters. The maximum absolute atomic E-state index is 11.8. The number of hydrogen-bond donors (Lipinski definition) is 1. The lowest BCUT2D eigenvalue weighted by molar-refractivity contribution is -0.123. The first-order valence-corrected chi connectivity index (χ1v) is 8.12. The summed E-state index contributed by atoms with van der Waals surface area (Å²) < 4.78 is 10.6. The molecule has 0 unspecified atom stereocenters. The minimum Gasteiger partial charge on any atom is -0.484 e. The zero-order valence-corrected chi connectivity index (χ0v) is 15.1. The van der Waals surface area contributed by atoms with Gasteiger partial charge in [0.25, 0.3) is 5.91 Å². The van der Waals surface area contributed by atoms with Gasteiger partial charge in [-0.05, 0) is 54.3 Å². The van der Waals surface area contributed by atoms with Gasteiger partial charge < -0.3 is 9.15 Å². The average molecular weight is 340 g/mol. The lowest BCUT2D eigenvalue weighted by Gasteiger charge is -2.19. The Labute approximate surface area is 148 Å². The fourth-order valence-electron chi connectivity index (χ4n) is 2.01. The van der Waals surface area contributed by atoms with E-state index in [1.165, 1.54) is 5.56 Å². The van der Waals surface area contributed by atoms with Crippen molar-refractivity contribution in [1.29, 1.82) is 0 Å².